The molecule has 0 saturated heterocycles. The maximum absolute atomic E-state index is 11.2. The zero-order valence-corrected chi connectivity index (χ0v) is 11.4. The quantitative estimate of drug-likeness (QED) is 0.672. The van der Waals surface area contributed by atoms with Crippen LogP contribution >= 0.6 is 22.5 Å². The molecule has 0 aliphatic heterocycles. The van der Waals surface area contributed by atoms with E-state index in [1.807, 2.05) is 26.0 Å². The smallest absolute Gasteiger partial charge is 0.175 e. The molecular weight excluding hydrogens is 248 g/mol. The molecular formula is C10H14O2S3. The summed E-state index contributed by atoms with van der Waals surface area (Å²) in [6, 6.07) is 6.94. The second kappa shape index (κ2) is 4.39. The summed E-state index contributed by atoms with van der Waals surface area (Å²) in [5, 5.41) is 0. The summed E-state index contributed by atoms with van der Waals surface area (Å²) in [6.45, 7) is 4.08. The summed E-state index contributed by atoms with van der Waals surface area (Å²) < 4.78 is 22.4. The highest BCUT2D eigenvalue weighted by atomic mass is 33.1. The van der Waals surface area contributed by atoms with E-state index in [0.29, 0.717) is 4.90 Å². The molecule has 1 aromatic rings. The lowest BCUT2D eigenvalue weighted by Gasteiger charge is -2.21. The van der Waals surface area contributed by atoms with Crippen LogP contribution in [0.2, 0.25) is 0 Å². The summed E-state index contributed by atoms with van der Waals surface area (Å²) >= 11 is 4.19. The van der Waals surface area contributed by atoms with E-state index in [4.69, 9.17) is 0 Å². The van der Waals surface area contributed by atoms with Gasteiger partial charge in [-0.2, -0.15) is 0 Å². The highest BCUT2D eigenvalue weighted by Gasteiger charge is 2.20. The predicted molar refractivity (Wildman–Crippen MR) is 69.2 cm³/mol. The van der Waals surface area contributed by atoms with E-state index in [0.717, 1.165) is 5.56 Å². The van der Waals surface area contributed by atoms with Crippen molar-refractivity contribution >= 4 is 32.3 Å². The predicted octanol–water partition coefficient (Wildman–Crippen LogP) is 2.90. The van der Waals surface area contributed by atoms with Crippen LogP contribution in [0.15, 0.2) is 29.2 Å². The maximum atomic E-state index is 11.2. The Labute approximate surface area is 100 Å². The number of thiol groups is 1. The molecule has 0 aromatic heterocycles. The van der Waals surface area contributed by atoms with Crippen LogP contribution < -0.4 is 0 Å². The van der Waals surface area contributed by atoms with Gasteiger partial charge in [-0.3, -0.25) is 0 Å². The number of rotatable bonds is 3. The van der Waals surface area contributed by atoms with Crippen LogP contribution in [0.4, 0.5) is 0 Å². The largest absolute Gasteiger partial charge is 0.224 e. The van der Waals surface area contributed by atoms with E-state index in [2.05, 4.69) is 11.7 Å². The van der Waals surface area contributed by atoms with Crippen molar-refractivity contribution in [1.82, 2.24) is 0 Å². The van der Waals surface area contributed by atoms with Crippen LogP contribution in [0.5, 0.6) is 0 Å². The number of benzene rings is 1. The van der Waals surface area contributed by atoms with Gasteiger partial charge in [0.25, 0.3) is 0 Å². The monoisotopic (exact) mass is 262 g/mol. The van der Waals surface area contributed by atoms with Crippen molar-refractivity contribution in [3.05, 3.63) is 29.8 Å². The van der Waals surface area contributed by atoms with Gasteiger partial charge in [-0.1, -0.05) is 22.9 Å². The zero-order valence-electron chi connectivity index (χ0n) is 8.89. The molecule has 0 radical (unpaired) electrons. The van der Waals surface area contributed by atoms with Gasteiger partial charge in [0, 0.05) is 11.0 Å². The summed E-state index contributed by atoms with van der Waals surface area (Å²) in [5.74, 6) is 0. The standard InChI is InChI=1S/C10H14O2S3/c1-10(2,14-13)8-4-6-9(7-5-8)15(3,11)12/h4-7,13H,1-3H3. The van der Waals surface area contributed by atoms with Crippen LogP contribution in [0.25, 0.3) is 0 Å². The van der Waals surface area contributed by atoms with E-state index in [-0.39, 0.29) is 4.75 Å². The molecule has 1 aromatic carbocycles. The summed E-state index contributed by atoms with van der Waals surface area (Å²) in [4.78, 5) is 0.353. The average Bonchev–Trinajstić information content (AvgIpc) is 2.17. The molecule has 2 nitrogen and oxygen atoms in total. The van der Waals surface area contributed by atoms with Gasteiger partial charge >= 0.3 is 0 Å². The molecule has 0 amide bonds. The fourth-order valence-electron chi connectivity index (χ4n) is 1.16. The molecule has 0 unspecified atom stereocenters. The second-order valence-corrected chi connectivity index (χ2v) is 7.66. The van der Waals surface area contributed by atoms with Crippen LogP contribution in [0, 0.1) is 0 Å². The van der Waals surface area contributed by atoms with Crippen molar-refractivity contribution in [3.8, 4) is 0 Å². The molecule has 1 rings (SSSR count). The SMILES string of the molecule is CC(C)(SS)c1ccc(S(C)(=O)=O)cc1. The van der Waals surface area contributed by atoms with E-state index in [1.165, 1.54) is 17.0 Å². The molecule has 0 saturated carbocycles. The Morgan fingerprint density at radius 3 is 2.00 bits per heavy atom. The molecule has 0 spiro atoms. The van der Waals surface area contributed by atoms with E-state index < -0.39 is 9.84 Å². The van der Waals surface area contributed by atoms with E-state index in [1.54, 1.807) is 12.1 Å². The normalized spacial score (nSPS) is 12.8. The van der Waals surface area contributed by atoms with Gasteiger partial charge in [0.2, 0.25) is 0 Å². The zero-order chi connectivity index (χ0) is 11.7. The van der Waals surface area contributed by atoms with Crippen LogP contribution in [-0.4, -0.2) is 14.7 Å². The van der Waals surface area contributed by atoms with Gasteiger partial charge in [0.1, 0.15) is 0 Å². The van der Waals surface area contributed by atoms with Crippen molar-refractivity contribution < 1.29 is 8.42 Å². The summed E-state index contributed by atoms with van der Waals surface area (Å²) in [7, 11) is -1.66. The second-order valence-electron chi connectivity index (χ2n) is 3.90. The fourth-order valence-corrected chi connectivity index (χ4v) is 2.34. The van der Waals surface area contributed by atoms with Crippen LogP contribution in [0.3, 0.4) is 0 Å². The minimum Gasteiger partial charge on any atom is -0.224 e. The highest BCUT2D eigenvalue weighted by molar-refractivity contribution is 8.68. The Hall–Kier alpha value is -0.130. The molecule has 0 N–H and O–H groups in total. The molecule has 84 valence electrons. The van der Waals surface area contributed by atoms with Gasteiger partial charge in [0.05, 0.1) is 4.90 Å². The molecule has 5 heteroatoms. The number of sulfone groups is 1. The minimum atomic E-state index is -3.10. The van der Waals surface area contributed by atoms with Crippen molar-refractivity contribution in [2.45, 2.75) is 23.5 Å². The maximum Gasteiger partial charge on any atom is 0.175 e. The topological polar surface area (TPSA) is 34.1 Å². The summed E-state index contributed by atoms with van der Waals surface area (Å²) in [6.07, 6.45) is 1.21. The lowest BCUT2D eigenvalue weighted by molar-refractivity contribution is 0.601. The lowest BCUT2D eigenvalue weighted by Crippen LogP contribution is -2.10. The third kappa shape index (κ3) is 3.16. The van der Waals surface area contributed by atoms with E-state index in [9.17, 15) is 8.42 Å². The molecule has 0 atom stereocenters. The van der Waals surface area contributed by atoms with Gasteiger partial charge in [0.15, 0.2) is 9.84 Å². The molecule has 0 bridgehead atoms. The van der Waals surface area contributed by atoms with Crippen LogP contribution in [0.1, 0.15) is 19.4 Å². The van der Waals surface area contributed by atoms with Gasteiger partial charge in [-0.15, -0.1) is 11.7 Å². The third-order valence-electron chi connectivity index (χ3n) is 2.21. The van der Waals surface area contributed by atoms with Crippen molar-refractivity contribution in [2.75, 3.05) is 6.26 Å². The number of hydrogen-bond donors (Lipinski definition) is 1. The van der Waals surface area contributed by atoms with Gasteiger partial charge in [-0.05, 0) is 31.5 Å². The van der Waals surface area contributed by atoms with Gasteiger partial charge in [-0.25, -0.2) is 8.42 Å². The Morgan fingerprint density at radius 2 is 1.67 bits per heavy atom. The van der Waals surface area contributed by atoms with Crippen molar-refractivity contribution in [3.63, 3.8) is 0 Å². The number of hydrogen-bond acceptors (Lipinski definition) is 4. The lowest BCUT2D eigenvalue weighted by atomic mass is 10.0. The van der Waals surface area contributed by atoms with Crippen molar-refractivity contribution in [2.24, 2.45) is 0 Å². The molecule has 0 fully saturated rings. The summed E-state index contributed by atoms with van der Waals surface area (Å²) in [5.41, 5.74) is 1.06. The first-order valence-electron chi connectivity index (χ1n) is 4.40. The van der Waals surface area contributed by atoms with Gasteiger partial charge < -0.3 is 0 Å². The van der Waals surface area contributed by atoms with E-state index >= 15 is 0 Å². The fraction of sp³-hybridized carbons (Fsp3) is 0.400. The van der Waals surface area contributed by atoms with Crippen molar-refractivity contribution in [1.29, 1.82) is 0 Å². The Bertz CT molecular complexity index is 432. The Morgan fingerprint density at radius 1 is 1.20 bits per heavy atom. The first kappa shape index (κ1) is 12.9. The Kier molecular flexibility index (Phi) is 3.79. The third-order valence-corrected chi connectivity index (χ3v) is 5.40. The molecule has 0 aliphatic rings. The highest BCUT2D eigenvalue weighted by Crippen LogP contribution is 2.37. The molecule has 15 heavy (non-hydrogen) atoms. The molecule has 0 heterocycles. The van der Waals surface area contributed by atoms with Crippen LogP contribution in [-0.2, 0) is 14.6 Å². The first-order chi connectivity index (χ1) is 6.77. The average molecular weight is 262 g/mol. The first-order valence-corrected chi connectivity index (χ1v) is 8.16. The Balaban J connectivity index is 3.12. The molecule has 0 aliphatic carbocycles. The minimum absolute atomic E-state index is 0.112.